The van der Waals surface area contributed by atoms with Gasteiger partial charge >= 0.3 is 11.6 Å². The maximum Gasteiger partial charge on any atom is 0.340 e. The number of unbranched alkanes of at least 4 members (excludes halogenated alkanes) is 1. The molecule has 1 aromatic heterocycles. The first-order valence-electron chi connectivity index (χ1n) is 9.22. The van der Waals surface area contributed by atoms with Crippen LogP contribution in [0.2, 0.25) is 5.02 Å². The zero-order valence-corrected chi connectivity index (χ0v) is 16.6. The Kier molecular flexibility index (Phi) is 6.37. The van der Waals surface area contributed by atoms with Crippen molar-refractivity contribution in [3.63, 3.8) is 0 Å². The van der Waals surface area contributed by atoms with Crippen LogP contribution in [0, 0.1) is 6.92 Å². The van der Waals surface area contributed by atoms with Gasteiger partial charge in [0.25, 0.3) is 0 Å². The van der Waals surface area contributed by atoms with Crippen molar-refractivity contribution in [2.75, 3.05) is 11.9 Å². The van der Waals surface area contributed by atoms with Gasteiger partial charge < -0.3 is 14.5 Å². The van der Waals surface area contributed by atoms with Crippen LogP contribution in [-0.2, 0) is 11.3 Å². The molecule has 0 spiro atoms. The number of aryl methyl sites for hydroxylation is 1. The molecule has 0 aliphatic rings. The SMILES string of the molecule is CCCCNc1ccccc1C(=O)OCc1cc(=O)oc2cc(C)c(Cl)cc12. The molecule has 28 heavy (non-hydrogen) atoms. The highest BCUT2D eigenvalue weighted by Crippen LogP contribution is 2.26. The van der Waals surface area contributed by atoms with Crippen LogP contribution in [0.3, 0.4) is 0 Å². The summed E-state index contributed by atoms with van der Waals surface area (Å²) >= 11 is 6.20. The van der Waals surface area contributed by atoms with Gasteiger partial charge in [-0.2, -0.15) is 0 Å². The Hall–Kier alpha value is -2.79. The molecule has 1 heterocycles. The van der Waals surface area contributed by atoms with E-state index in [1.54, 1.807) is 24.3 Å². The minimum atomic E-state index is -0.498. The molecular formula is C22H22ClNO4. The number of hydrogen-bond acceptors (Lipinski definition) is 5. The summed E-state index contributed by atoms with van der Waals surface area (Å²) in [5, 5.41) is 4.47. The number of anilines is 1. The van der Waals surface area contributed by atoms with Crippen LogP contribution in [-0.4, -0.2) is 12.5 Å². The number of carbonyl (C=O) groups excluding carboxylic acids is 1. The molecule has 0 saturated carbocycles. The third kappa shape index (κ3) is 4.54. The largest absolute Gasteiger partial charge is 0.457 e. The maximum absolute atomic E-state index is 12.6. The van der Waals surface area contributed by atoms with E-state index >= 15 is 0 Å². The minimum Gasteiger partial charge on any atom is -0.457 e. The summed E-state index contributed by atoms with van der Waals surface area (Å²) < 4.78 is 10.7. The van der Waals surface area contributed by atoms with Gasteiger partial charge in [0.05, 0.1) is 5.56 Å². The van der Waals surface area contributed by atoms with Crippen LogP contribution in [0.15, 0.2) is 51.7 Å². The van der Waals surface area contributed by atoms with Gasteiger partial charge in [-0.25, -0.2) is 9.59 Å². The number of esters is 1. The lowest BCUT2D eigenvalue weighted by Crippen LogP contribution is -2.11. The highest BCUT2D eigenvalue weighted by Gasteiger charge is 2.15. The zero-order valence-electron chi connectivity index (χ0n) is 15.9. The van der Waals surface area contributed by atoms with E-state index in [0.29, 0.717) is 27.1 Å². The normalized spacial score (nSPS) is 10.8. The minimum absolute atomic E-state index is 0.0520. The predicted molar refractivity (Wildman–Crippen MR) is 111 cm³/mol. The molecule has 0 fully saturated rings. The summed E-state index contributed by atoms with van der Waals surface area (Å²) in [5.74, 6) is -0.459. The van der Waals surface area contributed by atoms with Gasteiger partial charge in [-0.15, -0.1) is 0 Å². The van der Waals surface area contributed by atoms with Crippen LogP contribution in [0.4, 0.5) is 5.69 Å². The fraction of sp³-hybridized carbons (Fsp3) is 0.273. The Bertz CT molecular complexity index is 1060. The van der Waals surface area contributed by atoms with Gasteiger partial charge in [-0.05, 0) is 43.2 Å². The number of halogens is 1. The third-order valence-corrected chi connectivity index (χ3v) is 4.87. The molecule has 0 atom stereocenters. The van der Waals surface area contributed by atoms with E-state index in [9.17, 15) is 9.59 Å². The molecule has 5 nitrogen and oxygen atoms in total. The average Bonchev–Trinajstić information content (AvgIpc) is 2.68. The Morgan fingerprint density at radius 1 is 1.21 bits per heavy atom. The fourth-order valence-electron chi connectivity index (χ4n) is 2.90. The average molecular weight is 400 g/mol. The van der Waals surface area contributed by atoms with E-state index in [4.69, 9.17) is 20.8 Å². The predicted octanol–water partition coefficient (Wildman–Crippen LogP) is 5.32. The Morgan fingerprint density at radius 3 is 2.79 bits per heavy atom. The van der Waals surface area contributed by atoms with Gasteiger partial charge in [-0.3, -0.25) is 0 Å². The highest BCUT2D eigenvalue weighted by molar-refractivity contribution is 6.32. The van der Waals surface area contributed by atoms with Gasteiger partial charge in [0.15, 0.2) is 0 Å². The zero-order chi connectivity index (χ0) is 20.1. The summed E-state index contributed by atoms with van der Waals surface area (Å²) in [6.07, 6.45) is 2.07. The summed E-state index contributed by atoms with van der Waals surface area (Å²) in [6.45, 7) is 4.67. The monoisotopic (exact) mass is 399 g/mol. The Morgan fingerprint density at radius 2 is 2.00 bits per heavy atom. The Balaban J connectivity index is 1.82. The van der Waals surface area contributed by atoms with Crippen molar-refractivity contribution in [1.29, 1.82) is 0 Å². The molecule has 0 bridgehead atoms. The molecule has 0 unspecified atom stereocenters. The summed E-state index contributed by atoms with van der Waals surface area (Å²) in [6, 6.07) is 12.0. The lowest BCUT2D eigenvalue weighted by molar-refractivity contribution is 0.0475. The quantitative estimate of drug-likeness (QED) is 0.330. The van der Waals surface area contributed by atoms with Crippen molar-refractivity contribution >= 4 is 34.2 Å². The van der Waals surface area contributed by atoms with E-state index < -0.39 is 11.6 Å². The van der Waals surface area contributed by atoms with E-state index in [1.165, 1.54) is 6.07 Å². The van der Waals surface area contributed by atoms with E-state index in [0.717, 1.165) is 30.6 Å². The second kappa shape index (κ2) is 8.93. The number of benzene rings is 2. The number of ether oxygens (including phenoxy) is 1. The van der Waals surface area contributed by atoms with Crippen LogP contribution < -0.4 is 10.9 Å². The van der Waals surface area contributed by atoms with Crippen molar-refractivity contribution in [2.45, 2.75) is 33.3 Å². The number of fused-ring (bicyclic) bond motifs is 1. The lowest BCUT2D eigenvalue weighted by atomic mass is 10.1. The number of para-hydroxylation sites is 1. The van der Waals surface area contributed by atoms with Crippen molar-refractivity contribution in [2.24, 2.45) is 0 Å². The number of carbonyl (C=O) groups is 1. The third-order valence-electron chi connectivity index (χ3n) is 4.46. The number of nitrogens with one attached hydrogen (secondary N) is 1. The first-order chi connectivity index (χ1) is 13.5. The summed E-state index contributed by atoms with van der Waals surface area (Å²) in [5.41, 5.74) is 2.47. The Labute approximate surface area is 168 Å². The molecule has 0 saturated heterocycles. The molecule has 1 N–H and O–H groups in total. The number of hydrogen-bond donors (Lipinski definition) is 1. The fourth-order valence-corrected chi connectivity index (χ4v) is 3.07. The van der Waals surface area contributed by atoms with Gasteiger partial charge in [-0.1, -0.05) is 37.1 Å². The molecule has 3 rings (SSSR count). The van der Waals surface area contributed by atoms with Crippen LogP contribution in [0.1, 0.15) is 41.3 Å². The molecule has 0 aliphatic heterocycles. The van der Waals surface area contributed by atoms with Crippen LogP contribution in [0.25, 0.3) is 11.0 Å². The molecule has 0 aliphatic carbocycles. The van der Waals surface area contributed by atoms with Gasteiger partial charge in [0.2, 0.25) is 0 Å². The molecule has 6 heteroatoms. The van der Waals surface area contributed by atoms with E-state index in [2.05, 4.69) is 12.2 Å². The molecular weight excluding hydrogens is 378 g/mol. The van der Waals surface area contributed by atoms with E-state index in [1.807, 2.05) is 19.1 Å². The molecule has 2 aromatic carbocycles. The van der Waals surface area contributed by atoms with Crippen molar-refractivity contribution < 1.29 is 13.9 Å². The first-order valence-corrected chi connectivity index (χ1v) is 9.60. The van der Waals surface area contributed by atoms with Crippen LogP contribution in [0.5, 0.6) is 0 Å². The van der Waals surface area contributed by atoms with Crippen molar-refractivity contribution in [3.05, 3.63) is 74.6 Å². The maximum atomic E-state index is 12.6. The standard InChI is InChI=1S/C22H22ClNO4/c1-3-4-9-24-19-8-6-5-7-16(19)22(26)27-13-15-11-21(25)28-20-10-14(2)18(23)12-17(15)20/h5-8,10-12,24H,3-4,9,13H2,1-2H3. The first kappa shape index (κ1) is 20.0. The van der Waals surface area contributed by atoms with Crippen molar-refractivity contribution in [1.82, 2.24) is 0 Å². The second-order valence-electron chi connectivity index (χ2n) is 6.59. The number of rotatable bonds is 7. The smallest absolute Gasteiger partial charge is 0.340 e. The molecule has 146 valence electrons. The molecule has 0 radical (unpaired) electrons. The van der Waals surface area contributed by atoms with Gasteiger partial charge in [0.1, 0.15) is 12.2 Å². The second-order valence-corrected chi connectivity index (χ2v) is 7.00. The van der Waals surface area contributed by atoms with Crippen molar-refractivity contribution in [3.8, 4) is 0 Å². The summed E-state index contributed by atoms with van der Waals surface area (Å²) in [4.78, 5) is 24.5. The van der Waals surface area contributed by atoms with E-state index in [-0.39, 0.29) is 6.61 Å². The van der Waals surface area contributed by atoms with Gasteiger partial charge in [0, 0.05) is 34.3 Å². The molecule has 3 aromatic rings. The van der Waals surface area contributed by atoms with Crippen LogP contribution >= 0.6 is 11.6 Å². The lowest BCUT2D eigenvalue weighted by Gasteiger charge is -2.12. The highest BCUT2D eigenvalue weighted by atomic mass is 35.5. The topological polar surface area (TPSA) is 68.5 Å². The summed E-state index contributed by atoms with van der Waals surface area (Å²) in [7, 11) is 0. The molecule has 0 amide bonds.